The average molecular weight is 156 g/mol. The molecule has 0 saturated heterocycles. The van der Waals surface area contributed by atoms with E-state index in [2.05, 4.69) is 0 Å². The molecule has 0 spiro atoms. The lowest BCUT2D eigenvalue weighted by Gasteiger charge is -2.14. The summed E-state index contributed by atoms with van der Waals surface area (Å²) in [5, 5.41) is 0. The molecular formula is C7H8O4. The number of rotatable bonds is 0. The SMILES string of the molecule is CC1=C(C)OC2=C(OCO2)O1. The predicted octanol–water partition coefficient (Wildman–Crippen LogP) is 1.42. The minimum Gasteiger partial charge on any atom is -0.422 e. The zero-order valence-corrected chi connectivity index (χ0v) is 6.34. The molecule has 2 rings (SSSR count). The first kappa shape index (κ1) is 6.39. The fourth-order valence-corrected chi connectivity index (χ4v) is 0.818. The minimum atomic E-state index is 0.172. The fraction of sp³-hybridized carbons (Fsp3) is 0.429. The van der Waals surface area contributed by atoms with Crippen LogP contribution in [0.5, 0.6) is 0 Å². The molecule has 0 amide bonds. The van der Waals surface area contributed by atoms with E-state index in [4.69, 9.17) is 18.9 Å². The molecule has 2 heterocycles. The Morgan fingerprint density at radius 3 is 1.82 bits per heavy atom. The van der Waals surface area contributed by atoms with Gasteiger partial charge in [-0.2, -0.15) is 0 Å². The van der Waals surface area contributed by atoms with Gasteiger partial charge in [-0.1, -0.05) is 0 Å². The first-order chi connectivity index (χ1) is 5.27. The van der Waals surface area contributed by atoms with Crippen molar-refractivity contribution in [3.8, 4) is 0 Å². The van der Waals surface area contributed by atoms with E-state index in [0.29, 0.717) is 23.4 Å². The van der Waals surface area contributed by atoms with Gasteiger partial charge in [-0.3, -0.25) is 0 Å². The van der Waals surface area contributed by atoms with Crippen LogP contribution in [0.15, 0.2) is 23.4 Å². The van der Waals surface area contributed by atoms with Crippen LogP contribution in [0, 0.1) is 0 Å². The van der Waals surface area contributed by atoms with Gasteiger partial charge in [0.25, 0.3) is 0 Å². The maximum Gasteiger partial charge on any atom is 0.373 e. The summed E-state index contributed by atoms with van der Waals surface area (Å²) in [5.74, 6) is 2.06. The average Bonchev–Trinajstić information content (AvgIpc) is 2.36. The highest BCUT2D eigenvalue weighted by atomic mass is 16.8. The summed E-state index contributed by atoms with van der Waals surface area (Å²) < 4.78 is 20.3. The first-order valence-corrected chi connectivity index (χ1v) is 3.30. The van der Waals surface area contributed by atoms with E-state index >= 15 is 0 Å². The number of hydrogen-bond donors (Lipinski definition) is 0. The van der Waals surface area contributed by atoms with Gasteiger partial charge in [-0.15, -0.1) is 0 Å². The van der Waals surface area contributed by atoms with Crippen LogP contribution >= 0.6 is 0 Å². The lowest BCUT2D eigenvalue weighted by Crippen LogP contribution is -2.04. The zero-order valence-electron chi connectivity index (χ0n) is 6.34. The lowest BCUT2D eigenvalue weighted by atomic mass is 10.4. The quantitative estimate of drug-likeness (QED) is 0.531. The van der Waals surface area contributed by atoms with Crippen molar-refractivity contribution in [2.45, 2.75) is 13.8 Å². The van der Waals surface area contributed by atoms with Gasteiger partial charge < -0.3 is 18.9 Å². The summed E-state index contributed by atoms with van der Waals surface area (Å²) in [4.78, 5) is 0. The minimum absolute atomic E-state index is 0.172. The van der Waals surface area contributed by atoms with Crippen molar-refractivity contribution in [1.29, 1.82) is 0 Å². The number of ether oxygens (including phenoxy) is 4. The van der Waals surface area contributed by atoms with Gasteiger partial charge in [-0.25, -0.2) is 0 Å². The normalized spacial score (nSPS) is 21.6. The molecule has 4 heteroatoms. The number of allylic oxidation sites excluding steroid dienone is 2. The molecule has 0 saturated carbocycles. The molecule has 11 heavy (non-hydrogen) atoms. The molecule has 0 aliphatic carbocycles. The van der Waals surface area contributed by atoms with Crippen molar-refractivity contribution in [3.05, 3.63) is 23.4 Å². The largest absolute Gasteiger partial charge is 0.422 e. The Balaban J connectivity index is 2.22. The molecule has 0 atom stereocenters. The third-order valence-electron chi connectivity index (χ3n) is 1.53. The maximum atomic E-state index is 5.21. The number of hydrogen-bond acceptors (Lipinski definition) is 4. The molecule has 60 valence electrons. The van der Waals surface area contributed by atoms with Crippen LogP contribution in [0.3, 0.4) is 0 Å². The summed E-state index contributed by atoms with van der Waals surface area (Å²) in [5.41, 5.74) is 0. The fourth-order valence-electron chi connectivity index (χ4n) is 0.818. The monoisotopic (exact) mass is 156 g/mol. The topological polar surface area (TPSA) is 36.9 Å². The Bertz CT molecular complexity index is 227. The lowest BCUT2D eigenvalue weighted by molar-refractivity contribution is 0.0176. The first-order valence-electron chi connectivity index (χ1n) is 3.30. The molecule has 0 aromatic heterocycles. The predicted molar refractivity (Wildman–Crippen MR) is 34.6 cm³/mol. The van der Waals surface area contributed by atoms with E-state index in [1.165, 1.54) is 0 Å². The molecule has 0 radical (unpaired) electrons. The smallest absolute Gasteiger partial charge is 0.373 e. The van der Waals surface area contributed by atoms with E-state index < -0.39 is 0 Å². The van der Waals surface area contributed by atoms with Crippen molar-refractivity contribution in [1.82, 2.24) is 0 Å². The molecule has 0 N–H and O–H groups in total. The molecule has 2 aliphatic heterocycles. The third-order valence-corrected chi connectivity index (χ3v) is 1.53. The van der Waals surface area contributed by atoms with E-state index in [9.17, 15) is 0 Å². The second kappa shape index (κ2) is 2.08. The van der Waals surface area contributed by atoms with Crippen LogP contribution in [0.4, 0.5) is 0 Å². The highest BCUT2D eigenvalue weighted by Crippen LogP contribution is 2.29. The highest BCUT2D eigenvalue weighted by Gasteiger charge is 2.27. The third kappa shape index (κ3) is 0.906. The van der Waals surface area contributed by atoms with Crippen molar-refractivity contribution in [2.24, 2.45) is 0 Å². The van der Waals surface area contributed by atoms with E-state index in [0.717, 1.165) is 0 Å². The second-order valence-corrected chi connectivity index (χ2v) is 2.30. The molecule has 0 fully saturated rings. The Labute approximate surface area is 64.0 Å². The van der Waals surface area contributed by atoms with Gasteiger partial charge >= 0.3 is 11.9 Å². The molecule has 2 aliphatic rings. The molecular weight excluding hydrogens is 148 g/mol. The van der Waals surface area contributed by atoms with Crippen LogP contribution in [-0.2, 0) is 18.9 Å². The molecule has 4 nitrogen and oxygen atoms in total. The molecule has 0 aromatic carbocycles. The van der Waals surface area contributed by atoms with Gasteiger partial charge in [0, 0.05) is 0 Å². The van der Waals surface area contributed by atoms with Crippen LogP contribution in [0.2, 0.25) is 0 Å². The van der Waals surface area contributed by atoms with E-state index in [-0.39, 0.29) is 6.79 Å². The Kier molecular flexibility index (Phi) is 1.21. The molecule has 0 bridgehead atoms. The Hall–Kier alpha value is -1.32. The molecule has 0 unspecified atom stereocenters. The summed E-state index contributed by atoms with van der Waals surface area (Å²) in [6.07, 6.45) is 0. The highest BCUT2D eigenvalue weighted by molar-refractivity contribution is 5.08. The van der Waals surface area contributed by atoms with Gasteiger partial charge in [0.15, 0.2) is 0 Å². The van der Waals surface area contributed by atoms with Gasteiger partial charge in [0.1, 0.15) is 11.5 Å². The van der Waals surface area contributed by atoms with Gasteiger partial charge in [-0.05, 0) is 13.8 Å². The van der Waals surface area contributed by atoms with Gasteiger partial charge in [0.2, 0.25) is 6.79 Å². The summed E-state index contributed by atoms with van der Waals surface area (Å²) in [7, 11) is 0. The van der Waals surface area contributed by atoms with E-state index in [1.807, 2.05) is 0 Å². The van der Waals surface area contributed by atoms with Crippen LogP contribution in [0.25, 0.3) is 0 Å². The van der Waals surface area contributed by atoms with Crippen molar-refractivity contribution in [3.63, 3.8) is 0 Å². The molecule has 0 aromatic rings. The van der Waals surface area contributed by atoms with Crippen molar-refractivity contribution < 1.29 is 18.9 Å². The summed E-state index contributed by atoms with van der Waals surface area (Å²) in [6, 6.07) is 0. The Morgan fingerprint density at radius 1 is 0.909 bits per heavy atom. The summed E-state index contributed by atoms with van der Waals surface area (Å²) in [6.45, 7) is 3.78. The van der Waals surface area contributed by atoms with E-state index in [1.54, 1.807) is 13.8 Å². The van der Waals surface area contributed by atoms with Gasteiger partial charge in [0.05, 0.1) is 0 Å². The second-order valence-electron chi connectivity index (χ2n) is 2.30. The summed E-state index contributed by atoms with van der Waals surface area (Å²) >= 11 is 0. The standard InChI is InChI=1S/C7H8O4/c1-4-5(2)11-7-6(10-4)8-3-9-7/h3H2,1-2H3. The van der Waals surface area contributed by atoms with Crippen LogP contribution in [-0.4, -0.2) is 6.79 Å². The van der Waals surface area contributed by atoms with Crippen molar-refractivity contribution in [2.75, 3.05) is 6.79 Å². The van der Waals surface area contributed by atoms with Crippen molar-refractivity contribution >= 4 is 0 Å². The Morgan fingerprint density at radius 2 is 1.36 bits per heavy atom. The van der Waals surface area contributed by atoms with Crippen LogP contribution in [0.1, 0.15) is 13.8 Å². The maximum absolute atomic E-state index is 5.21. The zero-order chi connectivity index (χ0) is 7.84. The van der Waals surface area contributed by atoms with Crippen LogP contribution < -0.4 is 0 Å².